The van der Waals surface area contributed by atoms with Crippen molar-refractivity contribution in [1.82, 2.24) is 4.98 Å². The number of ether oxygens (including phenoxy) is 1. The van der Waals surface area contributed by atoms with Crippen molar-refractivity contribution in [2.75, 3.05) is 0 Å². The zero-order valence-corrected chi connectivity index (χ0v) is 9.99. The lowest BCUT2D eigenvalue weighted by Crippen LogP contribution is -1.85. The summed E-state index contributed by atoms with van der Waals surface area (Å²) in [4.78, 5) is 3.95. The predicted octanol–water partition coefficient (Wildman–Crippen LogP) is 4.29. The zero-order valence-electron chi connectivity index (χ0n) is 7.65. The molecule has 0 saturated heterocycles. The number of benzene rings is 1. The van der Waals surface area contributed by atoms with Crippen molar-refractivity contribution in [2.45, 2.75) is 0 Å². The highest BCUT2D eigenvalue weighted by atomic mass is 79.9. The van der Waals surface area contributed by atoms with Gasteiger partial charge in [-0.3, -0.25) is 4.98 Å². The normalized spacial score (nSPS) is 10.0. The third-order valence-electron chi connectivity index (χ3n) is 1.78. The van der Waals surface area contributed by atoms with E-state index in [4.69, 9.17) is 16.3 Å². The average molecular weight is 285 g/mol. The van der Waals surface area contributed by atoms with E-state index in [2.05, 4.69) is 20.9 Å². The van der Waals surface area contributed by atoms with Crippen LogP contribution in [0.3, 0.4) is 0 Å². The Morgan fingerprint density at radius 3 is 2.53 bits per heavy atom. The molecule has 1 aromatic heterocycles. The van der Waals surface area contributed by atoms with Gasteiger partial charge in [0.25, 0.3) is 0 Å². The fourth-order valence-electron chi connectivity index (χ4n) is 1.07. The first-order valence-corrected chi connectivity index (χ1v) is 5.46. The number of nitrogens with zero attached hydrogens (tertiary/aromatic N) is 1. The lowest BCUT2D eigenvalue weighted by atomic mass is 10.3. The van der Waals surface area contributed by atoms with E-state index in [9.17, 15) is 0 Å². The molecule has 0 saturated carbocycles. The van der Waals surface area contributed by atoms with Crippen LogP contribution in [0.2, 0.25) is 5.02 Å². The molecule has 2 rings (SSSR count). The van der Waals surface area contributed by atoms with Crippen LogP contribution in [-0.4, -0.2) is 4.98 Å². The second-order valence-corrected chi connectivity index (χ2v) is 4.15. The molecule has 15 heavy (non-hydrogen) atoms. The van der Waals surface area contributed by atoms with Crippen LogP contribution in [0.25, 0.3) is 0 Å². The second-order valence-electron chi connectivity index (χ2n) is 2.86. The van der Waals surface area contributed by atoms with Crippen LogP contribution in [0.5, 0.6) is 11.5 Å². The first kappa shape index (κ1) is 10.5. The summed E-state index contributed by atoms with van der Waals surface area (Å²) >= 11 is 9.13. The van der Waals surface area contributed by atoms with Gasteiger partial charge in [-0.25, -0.2) is 0 Å². The lowest BCUT2D eigenvalue weighted by molar-refractivity contribution is 0.479. The van der Waals surface area contributed by atoms with Crippen LogP contribution in [0, 0.1) is 0 Å². The molecule has 0 spiro atoms. The largest absolute Gasteiger partial charge is 0.456 e. The van der Waals surface area contributed by atoms with Crippen LogP contribution < -0.4 is 4.74 Å². The van der Waals surface area contributed by atoms with Gasteiger partial charge in [-0.05, 0) is 40.2 Å². The summed E-state index contributed by atoms with van der Waals surface area (Å²) in [7, 11) is 0. The van der Waals surface area contributed by atoms with Crippen molar-refractivity contribution >= 4 is 27.5 Å². The van der Waals surface area contributed by atoms with E-state index < -0.39 is 0 Å². The maximum atomic E-state index is 5.77. The van der Waals surface area contributed by atoms with Gasteiger partial charge in [0.2, 0.25) is 0 Å². The Morgan fingerprint density at radius 1 is 1.13 bits per heavy atom. The van der Waals surface area contributed by atoms with Gasteiger partial charge in [-0.15, -0.1) is 0 Å². The van der Waals surface area contributed by atoms with Gasteiger partial charge in [0.1, 0.15) is 11.5 Å². The van der Waals surface area contributed by atoms with Crippen LogP contribution in [0.1, 0.15) is 0 Å². The minimum atomic E-state index is 0.691. The number of hydrogen-bond donors (Lipinski definition) is 0. The highest BCUT2D eigenvalue weighted by molar-refractivity contribution is 9.10. The molecule has 1 heterocycles. The quantitative estimate of drug-likeness (QED) is 0.821. The van der Waals surface area contributed by atoms with E-state index in [0.717, 1.165) is 16.0 Å². The fourth-order valence-corrected chi connectivity index (χ4v) is 1.53. The van der Waals surface area contributed by atoms with Gasteiger partial charge in [-0.1, -0.05) is 11.6 Å². The molecule has 0 atom stereocenters. The number of halogens is 2. The van der Waals surface area contributed by atoms with E-state index >= 15 is 0 Å². The van der Waals surface area contributed by atoms with E-state index in [1.54, 1.807) is 30.6 Å². The van der Waals surface area contributed by atoms with Gasteiger partial charge < -0.3 is 4.74 Å². The molecule has 0 fully saturated rings. The molecule has 1 aromatic carbocycles. The molecule has 0 unspecified atom stereocenters. The molecule has 2 aromatic rings. The fraction of sp³-hybridized carbons (Fsp3) is 0. The molecule has 0 amide bonds. The lowest BCUT2D eigenvalue weighted by Gasteiger charge is -2.06. The number of pyridine rings is 1. The summed E-state index contributed by atoms with van der Waals surface area (Å²) in [5.74, 6) is 1.47. The summed E-state index contributed by atoms with van der Waals surface area (Å²) < 4.78 is 6.44. The smallest absolute Gasteiger partial charge is 0.144 e. The summed E-state index contributed by atoms with van der Waals surface area (Å²) in [6, 6.07) is 8.99. The van der Waals surface area contributed by atoms with Gasteiger partial charge in [0.05, 0.1) is 4.47 Å². The molecule has 0 aliphatic carbocycles. The Labute approximate surface area is 101 Å². The number of hydrogen-bond acceptors (Lipinski definition) is 2. The van der Waals surface area contributed by atoms with Crippen LogP contribution in [-0.2, 0) is 0 Å². The minimum Gasteiger partial charge on any atom is -0.456 e. The van der Waals surface area contributed by atoms with Gasteiger partial charge in [-0.2, -0.15) is 0 Å². The number of rotatable bonds is 2. The van der Waals surface area contributed by atoms with E-state index in [1.165, 1.54) is 0 Å². The third kappa shape index (κ3) is 2.70. The van der Waals surface area contributed by atoms with Crippen molar-refractivity contribution < 1.29 is 4.74 Å². The first-order valence-electron chi connectivity index (χ1n) is 4.28. The van der Waals surface area contributed by atoms with Crippen molar-refractivity contribution in [3.8, 4) is 11.5 Å². The predicted molar refractivity (Wildman–Crippen MR) is 63.5 cm³/mol. The molecular weight excluding hydrogens is 277 g/mol. The van der Waals surface area contributed by atoms with Crippen molar-refractivity contribution in [1.29, 1.82) is 0 Å². The first-order chi connectivity index (χ1) is 7.25. The number of aromatic nitrogens is 1. The minimum absolute atomic E-state index is 0.691. The van der Waals surface area contributed by atoms with E-state index in [-0.39, 0.29) is 0 Å². The summed E-state index contributed by atoms with van der Waals surface area (Å²) in [6.45, 7) is 0. The maximum Gasteiger partial charge on any atom is 0.144 e. The molecule has 0 aliphatic rings. The molecule has 76 valence electrons. The molecular formula is C11H7BrClNO. The van der Waals surface area contributed by atoms with Crippen molar-refractivity contribution in [2.24, 2.45) is 0 Å². The van der Waals surface area contributed by atoms with Crippen LogP contribution >= 0.6 is 27.5 Å². The van der Waals surface area contributed by atoms with Gasteiger partial charge >= 0.3 is 0 Å². The molecule has 4 heteroatoms. The van der Waals surface area contributed by atoms with Crippen molar-refractivity contribution in [3.05, 3.63) is 52.2 Å². The van der Waals surface area contributed by atoms with Crippen LogP contribution in [0.4, 0.5) is 0 Å². The molecule has 0 aliphatic heterocycles. The summed E-state index contributed by atoms with van der Waals surface area (Å²) in [6.07, 6.45) is 3.36. The Balaban J connectivity index is 2.22. The standard InChI is InChI=1S/C11H7BrClNO/c12-10-7-14-6-5-11(10)15-9-3-1-8(13)2-4-9/h1-7H. The Hall–Kier alpha value is -1.06. The highest BCUT2D eigenvalue weighted by Gasteiger charge is 2.01. The molecule has 0 radical (unpaired) electrons. The van der Waals surface area contributed by atoms with E-state index in [1.807, 2.05) is 12.1 Å². The second kappa shape index (κ2) is 4.64. The highest BCUT2D eigenvalue weighted by Crippen LogP contribution is 2.28. The van der Waals surface area contributed by atoms with Gasteiger partial charge in [0, 0.05) is 23.5 Å². The van der Waals surface area contributed by atoms with E-state index in [0.29, 0.717) is 5.02 Å². The maximum absolute atomic E-state index is 5.77. The van der Waals surface area contributed by atoms with Gasteiger partial charge in [0.15, 0.2) is 0 Å². The monoisotopic (exact) mass is 283 g/mol. The molecule has 0 bridgehead atoms. The SMILES string of the molecule is Clc1ccc(Oc2ccncc2Br)cc1. The molecule has 0 N–H and O–H groups in total. The summed E-state index contributed by atoms with van der Waals surface area (Å²) in [5, 5.41) is 0.691. The molecule has 2 nitrogen and oxygen atoms in total. The Morgan fingerprint density at radius 2 is 1.87 bits per heavy atom. The average Bonchev–Trinajstić information content (AvgIpc) is 2.25. The Bertz CT molecular complexity index is 458. The Kier molecular flexibility index (Phi) is 3.23. The zero-order chi connectivity index (χ0) is 10.7. The summed E-state index contributed by atoms with van der Waals surface area (Å²) in [5.41, 5.74) is 0. The topological polar surface area (TPSA) is 22.1 Å². The van der Waals surface area contributed by atoms with Crippen LogP contribution in [0.15, 0.2) is 47.2 Å². The van der Waals surface area contributed by atoms with Crippen molar-refractivity contribution in [3.63, 3.8) is 0 Å². The third-order valence-corrected chi connectivity index (χ3v) is 2.62.